The zero-order valence-corrected chi connectivity index (χ0v) is 10.1. The highest BCUT2D eigenvalue weighted by atomic mass is 19.4. The molecule has 1 unspecified atom stereocenters. The molecule has 0 saturated heterocycles. The van der Waals surface area contributed by atoms with Gasteiger partial charge in [-0.25, -0.2) is 4.39 Å². The summed E-state index contributed by atoms with van der Waals surface area (Å²) in [4.78, 5) is 0. The van der Waals surface area contributed by atoms with Crippen molar-refractivity contribution in [1.82, 2.24) is 5.43 Å². The molecule has 1 atom stereocenters. The summed E-state index contributed by atoms with van der Waals surface area (Å²) in [6, 6.07) is 0.247. The zero-order valence-electron chi connectivity index (χ0n) is 10.1. The number of hydrazine groups is 1. The van der Waals surface area contributed by atoms with Gasteiger partial charge in [-0.05, 0) is 30.2 Å². The average Bonchev–Trinajstić information content (AvgIpc) is 2.20. The normalized spacial score (nSPS) is 14.7. The third kappa shape index (κ3) is 3.83. The molecule has 0 aliphatic heterocycles. The molecule has 0 aliphatic carbocycles. The van der Waals surface area contributed by atoms with Crippen molar-refractivity contribution in [2.45, 2.75) is 25.3 Å². The van der Waals surface area contributed by atoms with E-state index in [0.29, 0.717) is 6.07 Å². The first kappa shape index (κ1) is 16.7. The van der Waals surface area contributed by atoms with Crippen LogP contribution in [-0.2, 0) is 0 Å². The number of nitrogens with two attached hydrogens (primary N) is 1. The zero-order chi connectivity index (χ0) is 15.7. The highest BCUT2D eigenvalue weighted by Gasteiger charge is 2.60. The van der Waals surface area contributed by atoms with Crippen LogP contribution in [0.2, 0.25) is 0 Å². The summed E-state index contributed by atoms with van der Waals surface area (Å²) in [6.45, 7) is 1.34. The Kier molecular flexibility index (Phi) is 4.65. The van der Waals surface area contributed by atoms with E-state index in [2.05, 4.69) is 0 Å². The average molecular weight is 304 g/mol. The molecule has 1 aromatic carbocycles. The molecular weight excluding hydrogens is 293 g/mol. The largest absolute Gasteiger partial charge is 0.402 e. The molecule has 20 heavy (non-hydrogen) atoms. The molecule has 1 rings (SSSR count). The Bertz CT molecular complexity index is 433. The van der Waals surface area contributed by atoms with E-state index < -0.39 is 35.7 Å². The molecule has 0 fully saturated rings. The minimum Gasteiger partial charge on any atom is -0.271 e. The Morgan fingerprint density at radius 2 is 1.50 bits per heavy atom. The summed E-state index contributed by atoms with van der Waals surface area (Å²) in [5.74, 6) is 0.150. The summed E-state index contributed by atoms with van der Waals surface area (Å²) < 4.78 is 88.9. The van der Waals surface area contributed by atoms with Gasteiger partial charge in [0.2, 0.25) is 0 Å². The molecular formula is C11H11F7N2. The minimum atomic E-state index is -5.57. The number of benzene rings is 1. The smallest absolute Gasteiger partial charge is 0.271 e. The van der Waals surface area contributed by atoms with E-state index in [9.17, 15) is 30.7 Å². The second-order valence-electron chi connectivity index (χ2n) is 4.27. The first-order valence-corrected chi connectivity index (χ1v) is 5.33. The Labute approximate surface area is 109 Å². The highest BCUT2D eigenvalue weighted by molar-refractivity contribution is 5.27. The Balaban J connectivity index is 3.34. The van der Waals surface area contributed by atoms with Crippen LogP contribution in [0.5, 0.6) is 0 Å². The van der Waals surface area contributed by atoms with E-state index in [4.69, 9.17) is 5.84 Å². The molecule has 0 spiro atoms. The van der Waals surface area contributed by atoms with Crippen LogP contribution >= 0.6 is 0 Å². The SMILES string of the molecule is Cc1cc(F)cc(C(NN)C(C(F)(F)F)C(F)(F)F)c1. The van der Waals surface area contributed by atoms with Crippen molar-refractivity contribution in [3.8, 4) is 0 Å². The fourth-order valence-electron chi connectivity index (χ4n) is 1.89. The fraction of sp³-hybridized carbons (Fsp3) is 0.455. The van der Waals surface area contributed by atoms with Crippen LogP contribution in [0, 0.1) is 18.7 Å². The van der Waals surface area contributed by atoms with Crippen LogP contribution in [0.1, 0.15) is 17.2 Å². The lowest BCUT2D eigenvalue weighted by Gasteiger charge is -2.30. The van der Waals surface area contributed by atoms with Gasteiger partial charge in [-0.1, -0.05) is 6.07 Å². The van der Waals surface area contributed by atoms with Gasteiger partial charge in [-0.3, -0.25) is 11.3 Å². The highest BCUT2D eigenvalue weighted by Crippen LogP contribution is 2.46. The third-order valence-corrected chi connectivity index (χ3v) is 2.64. The van der Waals surface area contributed by atoms with E-state index in [-0.39, 0.29) is 5.56 Å². The van der Waals surface area contributed by atoms with Gasteiger partial charge >= 0.3 is 12.4 Å². The van der Waals surface area contributed by atoms with Crippen LogP contribution in [0.3, 0.4) is 0 Å². The van der Waals surface area contributed by atoms with E-state index in [1.807, 2.05) is 0 Å². The van der Waals surface area contributed by atoms with Crippen molar-refractivity contribution in [3.05, 3.63) is 35.1 Å². The first-order chi connectivity index (χ1) is 8.96. The quantitative estimate of drug-likeness (QED) is 0.510. The number of nitrogens with one attached hydrogen (secondary N) is 1. The maximum Gasteiger partial charge on any atom is 0.402 e. The fourth-order valence-corrected chi connectivity index (χ4v) is 1.89. The van der Waals surface area contributed by atoms with Crippen LogP contribution in [0.4, 0.5) is 30.7 Å². The summed E-state index contributed by atoms with van der Waals surface area (Å²) in [6.07, 6.45) is -11.1. The maximum absolute atomic E-state index is 13.2. The summed E-state index contributed by atoms with van der Waals surface area (Å²) in [7, 11) is 0. The Morgan fingerprint density at radius 1 is 1.00 bits per heavy atom. The van der Waals surface area contributed by atoms with Crippen LogP contribution in [0.15, 0.2) is 18.2 Å². The van der Waals surface area contributed by atoms with E-state index >= 15 is 0 Å². The molecule has 114 valence electrons. The topological polar surface area (TPSA) is 38.0 Å². The van der Waals surface area contributed by atoms with Crippen molar-refractivity contribution in [1.29, 1.82) is 0 Å². The monoisotopic (exact) mass is 304 g/mol. The molecule has 0 heterocycles. The van der Waals surface area contributed by atoms with Crippen LogP contribution in [-0.4, -0.2) is 12.4 Å². The molecule has 0 bridgehead atoms. The predicted octanol–water partition coefficient (Wildman–Crippen LogP) is 3.38. The number of hydrogen-bond acceptors (Lipinski definition) is 2. The van der Waals surface area contributed by atoms with Gasteiger partial charge in [0.1, 0.15) is 5.82 Å². The van der Waals surface area contributed by atoms with Crippen molar-refractivity contribution >= 4 is 0 Å². The number of aryl methyl sites for hydroxylation is 1. The Hall–Kier alpha value is -1.35. The van der Waals surface area contributed by atoms with Gasteiger partial charge in [0.05, 0.1) is 6.04 Å². The summed E-state index contributed by atoms with van der Waals surface area (Å²) >= 11 is 0. The molecule has 0 saturated carbocycles. The van der Waals surface area contributed by atoms with Gasteiger partial charge in [0.15, 0.2) is 5.92 Å². The first-order valence-electron chi connectivity index (χ1n) is 5.33. The number of halogens is 7. The second kappa shape index (κ2) is 5.57. The standard InChI is InChI=1S/C11H11F7N2/c1-5-2-6(4-7(12)3-5)8(20-19)9(10(13,14)15)11(16,17)18/h2-4,8-9,20H,19H2,1H3. The maximum atomic E-state index is 13.2. The lowest BCUT2D eigenvalue weighted by molar-refractivity contribution is -0.292. The van der Waals surface area contributed by atoms with Crippen molar-refractivity contribution < 1.29 is 30.7 Å². The molecule has 0 aromatic heterocycles. The van der Waals surface area contributed by atoms with Gasteiger partial charge in [-0.2, -0.15) is 26.3 Å². The van der Waals surface area contributed by atoms with Crippen molar-refractivity contribution in [3.63, 3.8) is 0 Å². The van der Waals surface area contributed by atoms with Crippen molar-refractivity contribution in [2.75, 3.05) is 0 Å². The third-order valence-electron chi connectivity index (χ3n) is 2.64. The lowest BCUT2D eigenvalue weighted by Crippen LogP contribution is -2.47. The van der Waals surface area contributed by atoms with Gasteiger partial charge in [0, 0.05) is 0 Å². The number of alkyl halides is 6. The van der Waals surface area contributed by atoms with Gasteiger partial charge in [-0.15, -0.1) is 0 Å². The molecule has 3 N–H and O–H groups in total. The van der Waals surface area contributed by atoms with Gasteiger partial charge in [0.25, 0.3) is 0 Å². The summed E-state index contributed by atoms with van der Waals surface area (Å²) in [5.41, 5.74) is 1.14. The van der Waals surface area contributed by atoms with Crippen LogP contribution in [0.25, 0.3) is 0 Å². The summed E-state index contributed by atoms with van der Waals surface area (Å²) in [5, 5.41) is 0. The van der Waals surface area contributed by atoms with Crippen LogP contribution < -0.4 is 11.3 Å². The van der Waals surface area contributed by atoms with E-state index in [1.165, 1.54) is 12.3 Å². The predicted molar refractivity (Wildman–Crippen MR) is 56.8 cm³/mol. The number of hydrogen-bond donors (Lipinski definition) is 2. The number of rotatable bonds is 3. The second-order valence-corrected chi connectivity index (χ2v) is 4.27. The molecule has 0 amide bonds. The molecule has 1 aromatic rings. The molecule has 2 nitrogen and oxygen atoms in total. The molecule has 9 heteroatoms. The van der Waals surface area contributed by atoms with E-state index in [1.54, 1.807) is 0 Å². The molecule has 0 aliphatic rings. The van der Waals surface area contributed by atoms with Gasteiger partial charge < -0.3 is 0 Å². The Morgan fingerprint density at radius 3 is 1.85 bits per heavy atom. The molecule has 0 radical (unpaired) electrons. The lowest BCUT2D eigenvalue weighted by atomic mass is 9.91. The minimum absolute atomic E-state index is 0.184. The van der Waals surface area contributed by atoms with Crippen molar-refractivity contribution in [2.24, 2.45) is 11.8 Å². The van der Waals surface area contributed by atoms with E-state index in [0.717, 1.165) is 12.1 Å².